The van der Waals surface area contributed by atoms with E-state index in [1.807, 2.05) is 36.9 Å². The number of rotatable bonds is 7. The van der Waals surface area contributed by atoms with Crippen molar-refractivity contribution in [3.63, 3.8) is 0 Å². The van der Waals surface area contributed by atoms with Gasteiger partial charge >= 0.3 is 0 Å². The van der Waals surface area contributed by atoms with Crippen molar-refractivity contribution in [2.24, 2.45) is 0 Å². The second kappa shape index (κ2) is 8.28. The number of carbonyl (C=O) groups is 1. The van der Waals surface area contributed by atoms with Gasteiger partial charge in [-0.25, -0.2) is 0 Å². The van der Waals surface area contributed by atoms with E-state index in [-0.39, 0.29) is 5.78 Å². The van der Waals surface area contributed by atoms with Crippen LogP contribution in [0.3, 0.4) is 0 Å². The molecule has 0 aromatic heterocycles. The lowest BCUT2D eigenvalue weighted by Gasteiger charge is -2.20. The first-order chi connectivity index (χ1) is 10.2. The number of Topliss-reactive ketones (excluding diaryl/α,β-unsaturated/α-hetero) is 1. The average Bonchev–Trinajstić information content (AvgIpc) is 2.52. The predicted molar refractivity (Wildman–Crippen MR) is 90.5 cm³/mol. The average molecular weight is 304 g/mol. The van der Waals surface area contributed by atoms with Gasteiger partial charge in [0.25, 0.3) is 0 Å². The zero-order valence-electron chi connectivity index (χ0n) is 12.8. The maximum absolute atomic E-state index is 12.5. The van der Waals surface area contributed by atoms with E-state index in [9.17, 15) is 4.79 Å². The lowest BCUT2D eigenvalue weighted by Crippen LogP contribution is -2.13. The summed E-state index contributed by atoms with van der Waals surface area (Å²) in [5, 5.41) is 0.657. The fourth-order valence-corrected chi connectivity index (χ4v) is 3.85. The molecular weight excluding hydrogens is 280 g/mol. The molecule has 0 aliphatic heterocycles. The Balaban J connectivity index is 1.99. The lowest BCUT2D eigenvalue weighted by atomic mass is 10.0. The molecule has 2 rings (SSSR count). The van der Waals surface area contributed by atoms with Crippen LogP contribution in [-0.4, -0.2) is 23.4 Å². The molecule has 0 heterocycles. The molecule has 1 aliphatic rings. The molecule has 1 aromatic rings. The van der Waals surface area contributed by atoms with Crippen LogP contribution in [0.15, 0.2) is 30.9 Å². The highest BCUT2D eigenvalue weighted by atomic mass is 32.2. The van der Waals surface area contributed by atoms with Crippen LogP contribution in [0, 0.1) is 6.92 Å². The molecule has 2 nitrogen and oxygen atoms in total. The van der Waals surface area contributed by atoms with Crippen LogP contribution in [0.25, 0.3) is 0 Å². The Labute approximate surface area is 132 Å². The SMILES string of the molecule is C=CCOc1ccc(C)cc1C(=O)CSC1CCCCC1. The highest BCUT2D eigenvalue weighted by molar-refractivity contribution is 8.00. The van der Waals surface area contributed by atoms with Crippen molar-refractivity contribution < 1.29 is 9.53 Å². The normalized spacial score (nSPS) is 15.7. The number of hydrogen-bond acceptors (Lipinski definition) is 3. The fourth-order valence-electron chi connectivity index (χ4n) is 2.64. The van der Waals surface area contributed by atoms with Gasteiger partial charge in [0.05, 0.1) is 11.3 Å². The van der Waals surface area contributed by atoms with Crippen LogP contribution < -0.4 is 4.74 Å². The van der Waals surface area contributed by atoms with Crippen molar-refractivity contribution in [3.05, 3.63) is 42.0 Å². The van der Waals surface area contributed by atoms with Gasteiger partial charge in [0.2, 0.25) is 0 Å². The van der Waals surface area contributed by atoms with Crippen molar-refractivity contribution in [1.29, 1.82) is 0 Å². The molecule has 21 heavy (non-hydrogen) atoms. The highest BCUT2D eigenvalue weighted by Crippen LogP contribution is 2.30. The van der Waals surface area contributed by atoms with E-state index in [1.54, 1.807) is 6.08 Å². The van der Waals surface area contributed by atoms with Gasteiger partial charge < -0.3 is 4.74 Å². The zero-order chi connectivity index (χ0) is 15.1. The Kier molecular flexibility index (Phi) is 6.37. The van der Waals surface area contributed by atoms with Gasteiger partial charge in [0.15, 0.2) is 5.78 Å². The summed E-state index contributed by atoms with van der Waals surface area (Å²) in [6.07, 6.45) is 8.18. The molecule has 0 saturated heterocycles. The van der Waals surface area contributed by atoms with E-state index in [2.05, 4.69) is 6.58 Å². The molecule has 1 aromatic carbocycles. The number of aryl methyl sites for hydroxylation is 1. The first kappa shape index (κ1) is 16.2. The Hall–Kier alpha value is -1.22. The van der Waals surface area contributed by atoms with Gasteiger partial charge in [-0.05, 0) is 31.9 Å². The molecule has 0 spiro atoms. The van der Waals surface area contributed by atoms with Gasteiger partial charge in [-0.3, -0.25) is 4.79 Å². The smallest absolute Gasteiger partial charge is 0.176 e. The number of carbonyl (C=O) groups excluding carboxylic acids is 1. The summed E-state index contributed by atoms with van der Waals surface area (Å²) in [4.78, 5) is 12.5. The van der Waals surface area contributed by atoms with E-state index >= 15 is 0 Å². The summed E-state index contributed by atoms with van der Waals surface area (Å²) in [6, 6.07) is 5.79. The minimum Gasteiger partial charge on any atom is -0.489 e. The number of ketones is 1. The summed E-state index contributed by atoms with van der Waals surface area (Å²) in [6.45, 7) is 6.08. The third-order valence-corrected chi connectivity index (χ3v) is 5.17. The first-order valence-corrected chi connectivity index (χ1v) is 8.74. The van der Waals surface area contributed by atoms with E-state index in [4.69, 9.17) is 4.74 Å². The monoisotopic (exact) mass is 304 g/mol. The quantitative estimate of drug-likeness (QED) is 0.534. The molecule has 0 atom stereocenters. The molecule has 1 aliphatic carbocycles. The molecule has 1 saturated carbocycles. The summed E-state index contributed by atoms with van der Waals surface area (Å²) in [5.41, 5.74) is 1.80. The Bertz CT molecular complexity index is 490. The molecule has 0 unspecified atom stereocenters. The van der Waals surface area contributed by atoms with Crippen LogP contribution in [0.1, 0.15) is 48.0 Å². The summed E-state index contributed by atoms with van der Waals surface area (Å²) in [5.74, 6) is 1.40. The van der Waals surface area contributed by atoms with Crippen LogP contribution in [0.5, 0.6) is 5.75 Å². The van der Waals surface area contributed by atoms with E-state index < -0.39 is 0 Å². The molecule has 0 amide bonds. The van der Waals surface area contributed by atoms with Crippen LogP contribution in [-0.2, 0) is 0 Å². The molecule has 0 bridgehead atoms. The van der Waals surface area contributed by atoms with E-state index in [0.29, 0.717) is 28.9 Å². The summed E-state index contributed by atoms with van der Waals surface area (Å²) >= 11 is 1.81. The summed E-state index contributed by atoms with van der Waals surface area (Å²) in [7, 11) is 0. The molecule has 114 valence electrons. The van der Waals surface area contributed by atoms with Crippen molar-refractivity contribution >= 4 is 17.5 Å². The van der Waals surface area contributed by atoms with Crippen molar-refractivity contribution in [1.82, 2.24) is 0 Å². The maximum atomic E-state index is 12.5. The minimum atomic E-state index is 0.174. The Morgan fingerprint density at radius 1 is 1.38 bits per heavy atom. The lowest BCUT2D eigenvalue weighted by molar-refractivity contribution is 0.101. The molecule has 3 heteroatoms. The number of hydrogen-bond donors (Lipinski definition) is 0. The number of thioether (sulfide) groups is 1. The second-order valence-corrected chi connectivity index (χ2v) is 6.88. The van der Waals surface area contributed by atoms with Crippen molar-refractivity contribution in [2.75, 3.05) is 12.4 Å². The van der Waals surface area contributed by atoms with Crippen molar-refractivity contribution in [2.45, 2.75) is 44.3 Å². The van der Waals surface area contributed by atoms with Crippen LogP contribution >= 0.6 is 11.8 Å². The zero-order valence-corrected chi connectivity index (χ0v) is 13.6. The Morgan fingerprint density at radius 2 is 2.14 bits per heavy atom. The van der Waals surface area contributed by atoms with Gasteiger partial charge in [-0.2, -0.15) is 11.8 Å². The van der Waals surface area contributed by atoms with Gasteiger partial charge in [0, 0.05) is 5.25 Å². The van der Waals surface area contributed by atoms with Crippen molar-refractivity contribution in [3.8, 4) is 5.75 Å². The molecule has 0 N–H and O–H groups in total. The minimum absolute atomic E-state index is 0.174. The first-order valence-electron chi connectivity index (χ1n) is 7.70. The summed E-state index contributed by atoms with van der Waals surface area (Å²) < 4.78 is 5.61. The third kappa shape index (κ3) is 4.92. The van der Waals surface area contributed by atoms with Crippen LogP contribution in [0.4, 0.5) is 0 Å². The third-order valence-electron chi connectivity index (χ3n) is 3.79. The number of benzene rings is 1. The fraction of sp³-hybridized carbons (Fsp3) is 0.500. The molecule has 0 radical (unpaired) electrons. The maximum Gasteiger partial charge on any atom is 0.176 e. The Morgan fingerprint density at radius 3 is 2.86 bits per heavy atom. The van der Waals surface area contributed by atoms with Crippen LogP contribution in [0.2, 0.25) is 0 Å². The largest absolute Gasteiger partial charge is 0.489 e. The van der Waals surface area contributed by atoms with E-state index in [1.165, 1.54) is 32.1 Å². The molecule has 1 fully saturated rings. The van der Waals surface area contributed by atoms with Gasteiger partial charge in [0.1, 0.15) is 12.4 Å². The standard InChI is InChI=1S/C18H24O2S/c1-3-11-20-18-10-9-14(2)12-16(18)17(19)13-21-15-7-5-4-6-8-15/h3,9-10,12,15H,1,4-8,11,13H2,2H3. The van der Waals surface area contributed by atoms with E-state index in [0.717, 1.165) is 5.56 Å². The topological polar surface area (TPSA) is 26.3 Å². The van der Waals surface area contributed by atoms with Gasteiger partial charge in [-0.1, -0.05) is 43.5 Å². The second-order valence-electron chi connectivity index (χ2n) is 5.59. The highest BCUT2D eigenvalue weighted by Gasteiger charge is 2.18. The predicted octanol–water partition coefficient (Wildman–Crippen LogP) is 4.81. The van der Waals surface area contributed by atoms with Gasteiger partial charge in [-0.15, -0.1) is 0 Å². The molecular formula is C18H24O2S. The number of ether oxygens (including phenoxy) is 1.